The Kier molecular flexibility index (Phi) is 2.87. The van der Waals surface area contributed by atoms with E-state index >= 15 is 0 Å². The quantitative estimate of drug-likeness (QED) is 0.795. The third kappa shape index (κ3) is 1.83. The second-order valence-corrected chi connectivity index (χ2v) is 5.35. The van der Waals surface area contributed by atoms with Crippen LogP contribution in [-0.4, -0.2) is 47.8 Å². The molecule has 2 heterocycles. The smallest absolute Gasteiger partial charge is 0.197 e. The Hall–Kier alpha value is -1.33. The van der Waals surface area contributed by atoms with Gasteiger partial charge in [-0.3, -0.25) is 0 Å². The summed E-state index contributed by atoms with van der Waals surface area (Å²) in [4.78, 5) is 5.67. The summed E-state index contributed by atoms with van der Waals surface area (Å²) < 4.78 is 2.95. The van der Waals surface area contributed by atoms with E-state index in [0.717, 1.165) is 36.5 Å². The highest BCUT2D eigenvalue weighted by atomic mass is 32.1. The first-order chi connectivity index (χ1) is 8.66. The summed E-state index contributed by atoms with van der Waals surface area (Å²) in [7, 11) is 2.16. The number of aromatic nitrogens is 2. The fourth-order valence-electron chi connectivity index (χ4n) is 2.54. The minimum Gasteiger partial charge on any atom is -0.329 e. The molecule has 1 saturated heterocycles. The van der Waals surface area contributed by atoms with Crippen molar-refractivity contribution in [1.29, 1.82) is 0 Å². The van der Waals surface area contributed by atoms with Crippen molar-refractivity contribution in [2.75, 3.05) is 38.2 Å². The lowest BCUT2D eigenvalue weighted by Crippen LogP contribution is -2.49. The Labute approximate surface area is 112 Å². The zero-order chi connectivity index (χ0) is 12.7. The predicted molar refractivity (Wildman–Crippen MR) is 77.3 cm³/mol. The highest BCUT2D eigenvalue weighted by molar-refractivity contribution is 7.71. The molecule has 18 heavy (non-hydrogen) atoms. The van der Waals surface area contributed by atoms with Gasteiger partial charge in [-0.05, 0) is 37.8 Å². The summed E-state index contributed by atoms with van der Waals surface area (Å²) in [6.45, 7) is 6.32. The number of imidazole rings is 1. The molecule has 1 fully saturated rings. The molecule has 1 aliphatic rings. The van der Waals surface area contributed by atoms with E-state index in [2.05, 4.69) is 51.7 Å². The molecule has 0 bridgehead atoms. The first kappa shape index (κ1) is 11.7. The van der Waals surface area contributed by atoms with Crippen LogP contribution in [0.15, 0.2) is 18.2 Å². The van der Waals surface area contributed by atoms with Crippen LogP contribution in [0.4, 0.5) is 0 Å². The van der Waals surface area contributed by atoms with Crippen molar-refractivity contribution < 1.29 is 0 Å². The van der Waals surface area contributed by atoms with Crippen LogP contribution in [0.2, 0.25) is 0 Å². The van der Waals surface area contributed by atoms with Crippen molar-refractivity contribution >= 4 is 23.3 Å². The number of aromatic amines is 1. The van der Waals surface area contributed by atoms with Crippen molar-refractivity contribution in [3.63, 3.8) is 0 Å². The molecular formula is C13H18N4S. The van der Waals surface area contributed by atoms with Crippen molar-refractivity contribution in [3.05, 3.63) is 28.5 Å². The molecule has 0 spiro atoms. The molecule has 1 aromatic carbocycles. The van der Waals surface area contributed by atoms with E-state index in [1.807, 2.05) is 0 Å². The van der Waals surface area contributed by atoms with Gasteiger partial charge in [0.05, 0.1) is 11.0 Å². The predicted octanol–water partition coefficient (Wildman–Crippen LogP) is 1.89. The minimum atomic E-state index is 0.795. The SMILES string of the molecule is Cc1cccc2c1[nH]c(=S)n2N1CCN(C)CC1. The standard InChI is InChI=1S/C13H18N4S/c1-10-4-3-5-11-12(10)14-13(18)17(11)16-8-6-15(2)7-9-16/h3-5H,6-9H2,1-2H3,(H,14,18). The number of rotatable bonds is 1. The van der Waals surface area contributed by atoms with Crippen molar-refractivity contribution in [2.24, 2.45) is 0 Å². The summed E-state index contributed by atoms with van der Waals surface area (Å²) >= 11 is 5.47. The third-order valence-electron chi connectivity index (χ3n) is 3.67. The molecule has 0 amide bonds. The zero-order valence-electron chi connectivity index (χ0n) is 10.8. The highest BCUT2D eigenvalue weighted by Gasteiger charge is 2.17. The second-order valence-electron chi connectivity index (χ2n) is 4.97. The third-order valence-corrected chi connectivity index (χ3v) is 3.94. The van der Waals surface area contributed by atoms with Gasteiger partial charge in [0.15, 0.2) is 4.77 Å². The first-order valence-corrected chi connectivity index (χ1v) is 6.72. The Morgan fingerprint density at radius 2 is 1.89 bits per heavy atom. The van der Waals surface area contributed by atoms with Crippen molar-refractivity contribution in [3.8, 4) is 0 Å². The molecule has 1 aliphatic heterocycles. The number of H-pyrrole nitrogens is 1. The number of nitrogens with zero attached hydrogens (tertiary/aromatic N) is 3. The Bertz CT molecular complexity index is 619. The highest BCUT2D eigenvalue weighted by Crippen LogP contribution is 2.18. The Morgan fingerprint density at radius 3 is 2.61 bits per heavy atom. The van der Waals surface area contributed by atoms with Crippen molar-refractivity contribution in [2.45, 2.75) is 6.92 Å². The van der Waals surface area contributed by atoms with E-state index in [4.69, 9.17) is 12.2 Å². The molecule has 0 unspecified atom stereocenters. The molecule has 0 aliphatic carbocycles. The van der Waals surface area contributed by atoms with Crippen LogP contribution in [0.25, 0.3) is 11.0 Å². The maximum atomic E-state index is 5.47. The van der Waals surface area contributed by atoms with E-state index in [1.165, 1.54) is 11.1 Å². The molecule has 96 valence electrons. The van der Waals surface area contributed by atoms with Crippen LogP contribution in [0.5, 0.6) is 0 Å². The molecule has 0 radical (unpaired) electrons. The molecule has 4 nitrogen and oxygen atoms in total. The van der Waals surface area contributed by atoms with E-state index < -0.39 is 0 Å². The average molecular weight is 262 g/mol. The number of nitrogens with one attached hydrogen (secondary N) is 1. The molecule has 0 atom stereocenters. The summed E-state index contributed by atoms with van der Waals surface area (Å²) in [6.07, 6.45) is 0. The normalized spacial score (nSPS) is 17.6. The lowest BCUT2D eigenvalue weighted by molar-refractivity contribution is 0.288. The number of benzene rings is 1. The number of hydrogen-bond donors (Lipinski definition) is 1. The second kappa shape index (κ2) is 4.40. The largest absolute Gasteiger partial charge is 0.329 e. The van der Waals surface area contributed by atoms with Gasteiger partial charge in [0.25, 0.3) is 0 Å². The van der Waals surface area contributed by atoms with Crippen LogP contribution in [0.1, 0.15) is 5.56 Å². The summed E-state index contributed by atoms with van der Waals surface area (Å²) in [6, 6.07) is 6.34. The lowest BCUT2D eigenvalue weighted by Gasteiger charge is -2.34. The van der Waals surface area contributed by atoms with Gasteiger partial charge in [-0.25, -0.2) is 4.68 Å². The lowest BCUT2D eigenvalue weighted by atomic mass is 10.2. The molecule has 3 rings (SSSR count). The minimum absolute atomic E-state index is 0.795. The van der Waals surface area contributed by atoms with E-state index in [0.29, 0.717) is 0 Å². The van der Waals surface area contributed by atoms with E-state index in [9.17, 15) is 0 Å². The Balaban J connectivity index is 2.09. The fraction of sp³-hybridized carbons (Fsp3) is 0.462. The molecular weight excluding hydrogens is 244 g/mol. The van der Waals surface area contributed by atoms with E-state index in [1.54, 1.807) is 0 Å². The Morgan fingerprint density at radius 1 is 1.17 bits per heavy atom. The molecule has 1 aromatic heterocycles. The number of likely N-dealkylation sites (N-methyl/N-ethyl adjacent to an activating group) is 1. The summed E-state index contributed by atoms with van der Waals surface area (Å²) in [5, 5.41) is 2.33. The van der Waals surface area contributed by atoms with Gasteiger partial charge in [-0.15, -0.1) is 0 Å². The maximum Gasteiger partial charge on any atom is 0.197 e. The zero-order valence-corrected chi connectivity index (χ0v) is 11.6. The van der Waals surface area contributed by atoms with Crippen LogP contribution >= 0.6 is 12.2 Å². The monoisotopic (exact) mass is 262 g/mol. The van der Waals surface area contributed by atoms with E-state index in [-0.39, 0.29) is 0 Å². The molecule has 1 N–H and O–H groups in total. The molecule has 5 heteroatoms. The van der Waals surface area contributed by atoms with Gasteiger partial charge in [-0.2, -0.15) is 0 Å². The first-order valence-electron chi connectivity index (χ1n) is 6.31. The molecule has 2 aromatic rings. The van der Waals surface area contributed by atoms with Gasteiger partial charge in [0.2, 0.25) is 0 Å². The van der Waals surface area contributed by atoms with Crippen molar-refractivity contribution in [1.82, 2.24) is 14.6 Å². The van der Waals surface area contributed by atoms with Gasteiger partial charge >= 0.3 is 0 Å². The van der Waals surface area contributed by atoms with Crippen LogP contribution in [0.3, 0.4) is 0 Å². The van der Waals surface area contributed by atoms with Gasteiger partial charge in [-0.1, -0.05) is 12.1 Å². The molecule has 0 saturated carbocycles. The summed E-state index contributed by atoms with van der Waals surface area (Å²) in [5.74, 6) is 0. The van der Waals surface area contributed by atoms with Gasteiger partial charge in [0, 0.05) is 26.2 Å². The number of fused-ring (bicyclic) bond motifs is 1. The van der Waals surface area contributed by atoms with Crippen LogP contribution < -0.4 is 5.01 Å². The average Bonchev–Trinajstić information content (AvgIpc) is 2.69. The fourth-order valence-corrected chi connectivity index (χ4v) is 2.85. The summed E-state index contributed by atoms with van der Waals surface area (Å²) in [5.41, 5.74) is 3.58. The number of hydrogen-bond acceptors (Lipinski definition) is 3. The van der Waals surface area contributed by atoms with Gasteiger partial charge in [0.1, 0.15) is 0 Å². The number of piperazine rings is 1. The topological polar surface area (TPSA) is 27.2 Å². The van der Waals surface area contributed by atoms with Crippen LogP contribution in [0, 0.1) is 11.7 Å². The maximum absolute atomic E-state index is 5.47. The van der Waals surface area contributed by atoms with Crippen LogP contribution in [-0.2, 0) is 0 Å². The number of aryl methyl sites for hydroxylation is 1. The van der Waals surface area contributed by atoms with Gasteiger partial charge < -0.3 is 14.9 Å². The number of para-hydroxylation sites is 1.